The highest BCUT2D eigenvalue weighted by atomic mass is 32.2. The lowest BCUT2D eigenvalue weighted by atomic mass is 9.94. The summed E-state index contributed by atoms with van der Waals surface area (Å²) in [5.74, 6) is 0.602. The smallest absolute Gasteiger partial charge is 0.257 e. The number of thioether (sulfide) groups is 1. The summed E-state index contributed by atoms with van der Waals surface area (Å²) in [6.45, 7) is 3.00. The fraction of sp³-hybridized carbons (Fsp3) is 0.429. The van der Waals surface area contributed by atoms with E-state index >= 15 is 0 Å². The van der Waals surface area contributed by atoms with E-state index in [1.807, 2.05) is 28.8 Å². The van der Waals surface area contributed by atoms with Gasteiger partial charge in [-0.1, -0.05) is 37.2 Å². The lowest BCUT2D eigenvalue weighted by Gasteiger charge is -2.22. The molecule has 0 bridgehead atoms. The molecule has 3 aromatic rings. The quantitative estimate of drug-likeness (QED) is 0.577. The van der Waals surface area contributed by atoms with Crippen LogP contribution in [0.3, 0.4) is 0 Å². The molecule has 0 N–H and O–H groups in total. The molecular weight excluding hydrogens is 344 g/mol. The van der Waals surface area contributed by atoms with E-state index in [0.717, 1.165) is 48.9 Å². The van der Waals surface area contributed by atoms with Crippen molar-refractivity contribution in [2.75, 3.05) is 0 Å². The van der Waals surface area contributed by atoms with Gasteiger partial charge < -0.3 is 8.98 Å². The topological polar surface area (TPSA) is 48.0 Å². The predicted octanol–water partition coefficient (Wildman–Crippen LogP) is 4.96. The highest BCUT2D eigenvalue weighted by molar-refractivity contribution is 7.98. The van der Waals surface area contributed by atoms with Crippen molar-refractivity contribution in [3.05, 3.63) is 57.5 Å². The number of oxazole rings is 1. The van der Waals surface area contributed by atoms with E-state index in [2.05, 4.69) is 18.0 Å². The van der Waals surface area contributed by atoms with Gasteiger partial charge in [0, 0.05) is 23.6 Å². The number of para-hydroxylation sites is 2. The first kappa shape index (κ1) is 17.4. The number of hydrogen-bond acceptors (Lipinski definition) is 4. The Hall–Kier alpha value is -2.01. The maximum atomic E-state index is 13.0. The molecule has 1 aliphatic rings. The summed E-state index contributed by atoms with van der Waals surface area (Å²) >= 11 is 1.51. The van der Waals surface area contributed by atoms with Gasteiger partial charge in [-0.25, -0.2) is 4.98 Å². The van der Waals surface area contributed by atoms with Gasteiger partial charge in [-0.2, -0.15) is 0 Å². The van der Waals surface area contributed by atoms with Gasteiger partial charge in [0.15, 0.2) is 5.58 Å². The van der Waals surface area contributed by atoms with E-state index in [1.54, 1.807) is 0 Å². The zero-order chi connectivity index (χ0) is 17.9. The molecule has 1 aliphatic carbocycles. The average Bonchev–Trinajstić information content (AvgIpc) is 3.09. The molecule has 0 radical (unpaired) electrons. The molecule has 0 unspecified atom stereocenters. The summed E-state index contributed by atoms with van der Waals surface area (Å²) < 4.78 is 7.82. The van der Waals surface area contributed by atoms with E-state index in [1.165, 1.54) is 35.9 Å². The molecule has 0 atom stereocenters. The minimum Gasteiger partial charge on any atom is -0.431 e. The fourth-order valence-corrected chi connectivity index (χ4v) is 4.45. The Balaban J connectivity index is 1.62. The van der Waals surface area contributed by atoms with E-state index in [4.69, 9.17) is 4.42 Å². The number of pyridine rings is 1. The normalized spacial score (nSPS) is 13.9. The third-order valence-electron chi connectivity index (χ3n) is 5.04. The van der Waals surface area contributed by atoms with Crippen LogP contribution < -0.4 is 5.56 Å². The number of benzene rings is 1. The van der Waals surface area contributed by atoms with Crippen molar-refractivity contribution in [2.24, 2.45) is 0 Å². The maximum Gasteiger partial charge on any atom is 0.257 e. The summed E-state index contributed by atoms with van der Waals surface area (Å²) in [7, 11) is 0. The van der Waals surface area contributed by atoms with Crippen LogP contribution in [0.1, 0.15) is 49.4 Å². The molecule has 26 heavy (non-hydrogen) atoms. The largest absolute Gasteiger partial charge is 0.431 e. The second-order valence-corrected chi connectivity index (χ2v) is 7.82. The predicted molar refractivity (Wildman–Crippen MR) is 106 cm³/mol. The highest BCUT2D eigenvalue weighted by Gasteiger charge is 2.18. The van der Waals surface area contributed by atoms with Crippen LogP contribution in [0.4, 0.5) is 0 Å². The van der Waals surface area contributed by atoms with Crippen LogP contribution in [0, 0.1) is 0 Å². The lowest BCUT2D eigenvalue weighted by Crippen LogP contribution is -2.29. The highest BCUT2D eigenvalue weighted by Crippen LogP contribution is 2.27. The number of aryl methyl sites for hydroxylation is 1. The molecule has 2 aromatic heterocycles. The summed E-state index contributed by atoms with van der Waals surface area (Å²) in [5, 5.41) is 0.628. The first-order valence-electron chi connectivity index (χ1n) is 9.49. The van der Waals surface area contributed by atoms with Gasteiger partial charge in [0.25, 0.3) is 10.8 Å². The maximum absolute atomic E-state index is 13.0. The van der Waals surface area contributed by atoms with Crippen molar-refractivity contribution in [2.45, 2.75) is 63.0 Å². The first-order valence-corrected chi connectivity index (χ1v) is 10.5. The van der Waals surface area contributed by atoms with Crippen molar-refractivity contribution in [3.8, 4) is 0 Å². The van der Waals surface area contributed by atoms with Crippen LogP contribution in [-0.2, 0) is 25.1 Å². The Morgan fingerprint density at radius 3 is 2.92 bits per heavy atom. The summed E-state index contributed by atoms with van der Waals surface area (Å²) in [5.41, 5.74) is 5.32. The number of unbranched alkanes of at least 4 members (excludes halogenated alkanes) is 1. The Bertz CT molecular complexity index is 941. The molecular formula is C21H24N2O2S. The van der Waals surface area contributed by atoms with Crippen LogP contribution in [-0.4, -0.2) is 9.55 Å². The molecule has 0 spiro atoms. The second-order valence-electron chi connectivity index (χ2n) is 6.90. The minimum atomic E-state index is 0.169. The van der Waals surface area contributed by atoms with E-state index < -0.39 is 0 Å². The average molecular weight is 369 g/mol. The Kier molecular flexibility index (Phi) is 5.16. The summed E-state index contributed by atoms with van der Waals surface area (Å²) in [6, 6.07) is 9.89. The minimum absolute atomic E-state index is 0.169. The number of fused-ring (bicyclic) bond motifs is 2. The number of rotatable bonds is 6. The molecule has 4 nitrogen and oxygen atoms in total. The van der Waals surface area contributed by atoms with Gasteiger partial charge in [-0.15, -0.1) is 0 Å². The van der Waals surface area contributed by atoms with Gasteiger partial charge in [-0.3, -0.25) is 4.79 Å². The zero-order valence-electron chi connectivity index (χ0n) is 15.2. The second kappa shape index (κ2) is 7.70. The van der Waals surface area contributed by atoms with Crippen molar-refractivity contribution >= 4 is 22.9 Å². The third-order valence-corrected chi connectivity index (χ3v) is 5.91. The molecule has 136 valence electrons. The molecule has 5 heteroatoms. The van der Waals surface area contributed by atoms with Gasteiger partial charge >= 0.3 is 0 Å². The number of hydrogen-bond donors (Lipinski definition) is 0. The van der Waals surface area contributed by atoms with Gasteiger partial charge in [0.2, 0.25) is 0 Å². The van der Waals surface area contributed by atoms with Crippen LogP contribution in [0.5, 0.6) is 0 Å². The third kappa shape index (κ3) is 3.45. The first-order chi connectivity index (χ1) is 12.8. The molecule has 2 heterocycles. The fourth-order valence-electron chi connectivity index (χ4n) is 3.65. The van der Waals surface area contributed by atoms with Crippen molar-refractivity contribution in [3.63, 3.8) is 0 Å². The Morgan fingerprint density at radius 2 is 2.08 bits per heavy atom. The number of nitrogens with zero attached hydrogens (tertiary/aromatic N) is 2. The van der Waals surface area contributed by atoms with Crippen LogP contribution >= 0.6 is 11.8 Å². The lowest BCUT2D eigenvalue weighted by molar-refractivity contribution is 0.489. The molecule has 0 saturated heterocycles. The van der Waals surface area contributed by atoms with Gasteiger partial charge in [0.1, 0.15) is 5.52 Å². The zero-order valence-corrected chi connectivity index (χ0v) is 16.0. The Morgan fingerprint density at radius 1 is 1.23 bits per heavy atom. The SMILES string of the molecule is CCCCn1c2c(cc(CSc3nc4ccccc4o3)c1=O)CCCC2. The molecule has 0 fully saturated rings. The molecule has 0 aliphatic heterocycles. The van der Waals surface area contributed by atoms with Crippen molar-refractivity contribution < 1.29 is 4.42 Å². The Labute approximate surface area is 157 Å². The van der Waals surface area contributed by atoms with E-state index in [-0.39, 0.29) is 5.56 Å². The van der Waals surface area contributed by atoms with E-state index in [9.17, 15) is 4.79 Å². The van der Waals surface area contributed by atoms with E-state index in [0.29, 0.717) is 11.0 Å². The van der Waals surface area contributed by atoms with Crippen molar-refractivity contribution in [1.29, 1.82) is 0 Å². The standard InChI is InChI=1S/C21H24N2O2S/c1-2-3-12-23-18-10-6-4-8-15(18)13-16(20(23)24)14-26-21-22-17-9-5-7-11-19(17)25-21/h5,7,9,11,13H,2-4,6,8,10,12,14H2,1H3. The van der Waals surface area contributed by atoms with Gasteiger partial charge in [-0.05, 0) is 55.9 Å². The summed E-state index contributed by atoms with van der Waals surface area (Å²) in [6.07, 6.45) is 6.68. The van der Waals surface area contributed by atoms with Crippen LogP contribution in [0.25, 0.3) is 11.1 Å². The molecule has 4 rings (SSSR count). The van der Waals surface area contributed by atoms with Gasteiger partial charge in [0.05, 0.1) is 0 Å². The summed E-state index contributed by atoms with van der Waals surface area (Å²) in [4.78, 5) is 17.5. The van der Waals surface area contributed by atoms with Crippen LogP contribution in [0.2, 0.25) is 0 Å². The van der Waals surface area contributed by atoms with Crippen LogP contribution in [0.15, 0.2) is 44.8 Å². The van der Waals surface area contributed by atoms with Crippen molar-refractivity contribution in [1.82, 2.24) is 9.55 Å². The number of aromatic nitrogens is 2. The monoisotopic (exact) mass is 368 g/mol. The molecule has 0 amide bonds. The molecule has 1 aromatic carbocycles. The molecule has 0 saturated carbocycles.